The van der Waals surface area contributed by atoms with Crippen LogP contribution in [-0.2, 0) is 31.9 Å². The second kappa shape index (κ2) is 13.0. The van der Waals surface area contributed by atoms with E-state index in [-0.39, 0.29) is 46.9 Å². The molecule has 6 nitrogen and oxygen atoms in total. The number of benzene rings is 3. The van der Waals surface area contributed by atoms with Gasteiger partial charge in [-0.3, -0.25) is 9.52 Å². The lowest BCUT2D eigenvalue weighted by Crippen LogP contribution is -2.39. The van der Waals surface area contributed by atoms with Gasteiger partial charge in [0.1, 0.15) is 4.90 Å². The second-order valence-corrected chi connectivity index (χ2v) is 12.5. The molecule has 0 atom stereocenters. The lowest BCUT2D eigenvalue weighted by molar-refractivity contribution is -0.163. The first kappa shape index (κ1) is 33.0. The van der Waals surface area contributed by atoms with Gasteiger partial charge in [-0.05, 0) is 48.0 Å². The minimum atomic E-state index is -5.44. The first-order valence-corrected chi connectivity index (χ1v) is 15.2. The first-order valence-electron chi connectivity index (χ1n) is 12.2. The van der Waals surface area contributed by atoms with E-state index in [0.717, 1.165) is 24.3 Å². The maximum Gasteiger partial charge on any atom is 0.418 e. The fourth-order valence-corrected chi connectivity index (χ4v) is 7.39. The third kappa shape index (κ3) is 7.98. The van der Waals surface area contributed by atoms with Crippen molar-refractivity contribution < 1.29 is 44.3 Å². The Morgan fingerprint density at radius 2 is 1.51 bits per heavy atom. The van der Waals surface area contributed by atoms with Crippen LogP contribution in [0.25, 0.3) is 6.08 Å². The summed E-state index contributed by atoms with van der Waals surface area (Å²) < 4.78 is 118. The van der Waals surface area contributed by atoms with Crippen molar-refractivity contribution in [2.24, 2.45) is 0 Å². The molecule has 16 heteroatoms. The van der Waals surface area contributed by atoms with Crippen LogP contribution in [0.4, 0.5) is 32.0 Å². The highest BCUT2D eigenvalue weighted by molar-refractivity contribution is 7.99. The Morgan fingerprint density at radius 3 is 2.12 bits per heavy atom. The molecule has 0 aromatic heterocycles. The van der Waals surface area contributed by atoms with Crippen molar-refractivity contribution in [2.45, 2.75) is 27.0 Å². The number of hydrogen-bond donors (Lipinski definition) is 1. The number of amides is 1. The fourth-order valence-electron chi connectivity index (χ4n) is 4.16. The summed E-state index contributed by atoms with van der Waals surface area (Å²) in [5.41, 5.74) is -4.85. The highest BCUT2D eigenvalue weighted by Crippen LogP contribution is 2.48. The van der Waals surface area contributed by atoms with Gasteiger partial charge in [0.05, 0.1) is 34.4 Å². The highest BCUT2D eigenvalue weighted by atomic mass is 35.5. The molecule has 3 aromatic rings. The van der Waals surface area contributed by atoms with Crippen LogP contribution in [0.3, 0.4) is 0 Å². The summed E-state index contributed by atoms with van der Waals surface area (Å²) in [6.07, 6.45) is -9.37. The van der Waals surface area contributed by atoms with Crippen LogP contribution in [0.1, 0.15) is 16.7 Å². The Morgan fingerprint density at radius 1 is 0.907 bits per heavy atom. The van der Waals surface area contributed by atoms with Crippen molar-refractivity contribution >= 4 is 62.7 Å². The molecule has 1 aliphatic heterocycles. The molecule has 0 saturated carbocycles. The van der Waals surface area contributed by atoms with Gasteiger partial charge in [-0.25, -0.2) is 8.42 Å². The van der Waals surface area contributed by atoms with Gasteiger partial charge in [-0.1, -0.05) is 53.2 Å². The van der Waals surface area contributed by atoms with Crippen molar-refractivity contribution in [3.8, 4) is 0 Å². The SMILES string of the molecule is O=C(/C=C/c1ccc(Sc2cccc(NS(=O)(=O)c3c(Cl)cccc3Cl)c2)c(C(F)(F)F)c1C(F)(F)F)N1CCOCC1. The first-order chi connectivity index (χ1) is 20.1. The molecule has 0 bridgehead atoms. The van der Waals surface area contributed by atoms with E-state index < -0.39 is 54.8 Å². The summed E-state index contributed by atoms with van der Waals surface area (Å²) >= 11 is 12.3. The normalized spacial score (nSPS) is 14.7. The molecule has 0 radical (unpaired) electrons. The minimum absolute atomic E-state index is 0.00475. The monoisotopic (exact) mass is 684 g/mol. The fraction of sp³-hybridized carbons (Fsp3) is 0.222. The Hall–Kier alpha value is -2.91. The lowest BCUT2D eigenvalue weighted by atomic mass is 9.99. The molecule has 1 saturated heterocycles. The van der Waals surface area contributed by atoms with Gasteiger partial charge in [-0.2, -0.15) is 26.3 Å². The number of sulfonamides is 1. The van der Waals surface area contributed by atoms with E-state index in [1.165, 1.54) is 41.3 Å². The molecule has 230 valence electrons. The number of rotatable bonds is 7. The van der Waals surface area contributed by atoms with Crippen LogP contribution in [-0.4, -0.2) is 45.5 Å². The van der Waals surface area contributed by atoms with Crippen molar-refractivity contribution in [3.05, 3.63) is 87.4 Å². The average Bonchev–Trinajstić information content (AvgIpc) is 2.91. The van der Waals surface area contributed by atoms with Gasteiger partial charge in [0.25, 0.3) is 10.0 Å². The Bertz CT molecular complexity index is 1640. The minimum Gasteiger partial charge on any atom is -0.378 e. The molecule has 1 heterocycles. The van der Waals surface area contributed by atoms with E-state index in [1.807, 2.05) is 0 Å². The number of ether oxygens (including phenoxy) is 1. The van der Waals surface area contributed by atoms with Crippen LogP contribution in [0, 0.1) is 0 Å². The zero-order valence-corrected chi connectivity index (χ0v) is 24.7. The van der Waals surface area contributed by atoms with Gasteiger partial charge in [-0.15, -0.1) is 0 Å². The molecule has 0 aliphatic carbocycles. The number of nitrogens with zero attached hydrogens (tertiary/aromatic N) is 1. The Kier molecular flexibility index (Phi) is 9.96. The lowest BCUT2D eigenvalue weighted by Gasteiger charge is -2.25. The third-order valence-electron chi connectivity index (χ3n) is 6.00. The number of carbonyl (C=O) groups excluding carboxylic acids is 1. The number of alkyl halides is 6. The molecular weight excluding hydrogens is 665 g/mol. The number of hydrogen-bond acceptors (Lipinski definition) is 5. The predicted octanol–water partition coefficient (Wildman–Crippen LogP) is 7.86. The maximum absolute atomic E-state index is 14.2. The summed E-state index contributed by atoms with van der Waals surface area (Å²) in [6.45, 7) is 0.848. The summed E-state index contributed by atoms with van der Waals surface area (Å²) in [4.78, 5) is 12.5. The Balaban J connectivity index is 1.70. The van der Waals surface area contributed by atoms with Gasteiger partial charge < -0.3 is 9.64 Å². The standard InChI is InChI=1S/C27H20Cl2F6N2O4S2/c28-19-5-2-6-20(29)25(19)43(39,40)36-17-3-1-4-18(15-17)42-21-9-7-16(8-10-22(38)37-11-13-41-14-12-37)23(26(30,31)32)24(21)27(33,34)35/h1-10,15,36H,11-14H2/b10-8+. The zero-order chi connectivity index (χ0) is 31.6. The van der Waals surface area contributed by atoms with Crippen molar-refractivity contribution in [1.29, 1.82) is 0 Å². The van der Waals surface area contributed by atoms with Gasteiger partial charge in [0.2, 0.25) is 5.91 Å². The number of morpholine rings is 1. The van der Waals surface area contributed by atoms with Crippen LogP contribution in [0.2, 0.25) is 10.0 Å². The largest absolute Gasteiger partial charge is 0.418 e. The predicted molar refractivity (Wildman–Crippen MR) is 151 cm³/mol. The second-order valence-electron chi connectivity index (χ2n) is 8.96. The van der Waals surface area contributed by atoms with E-state index in [1.54, 1.807) is 0 Å². The van der Waals surface area contributed by atoms with Crippen LogP contribution in [0.5, 0.6) is 0 Å². The molecule has 1 amide bonds. The van der Waals surface area contributed by atoms with E-state index in [4.69, 9.17) is 27.9 Å². The molecular formula is C27H20Cl2F6N2O4S2. The van der Waals surface area contributed by atoms with Crippen molar-refractivity contribution in [3.63, 3.8) is 0 Å². The number of halogens is 8. The van der Waals surface area contributed by atoms with E-state index in [0.29, 0.717) is 17.8 Å². The van der Waals surface area contributed by atoms with Crippen LogP contribution >= 0.6 is 35.0 Å². The number of anilines is 1. The molecule has 1 N–H and O–H groups in total. The van der Waals surface area contributed by atoms with E-state index in [2.05, 4.69) is 4.72 Å². The van der Waals surface area contributed by atoms with Crippen LogP contribution < -0.4 is 4.72 Å². The summed E-state index contributed by atoms with van der Waals surface area (Å²) in [5.74, 6) is -0.666. The Labute approximate surface area is 256 Å². The molecule has 4 rings (SSSR count). The van der Waals surface area contributed by atoms with Crippen LogP contribution in [0.15, 0.2) is 75.4 Å². The van der Waals surface area contributed by atoms with E-state index in [9.17, 15) is 39.6 Å². The smallest absolute Gasteiger partial charge is 0.378 e. The van der Waals surface area contributed by atoms with E-state index >= 15 is 0 Å². The maximum atomic E-state index is 14.2. The average molecular weight is 685 g/mol. The number of carbonyl (C=O) groups is 1. The molecule has 43 heavy (non-hydrogen) atoms. The van der Waals surface area contributed by atoms with Crippen molar-refractivity contribution in [2.75, 3.05) is 31.0 Å². The number of nitrogens with one attached hydrogen (secondary N) is 1. The molecule has 3 aromatic carbocycles. The summed E-state index contributed by atoms with van der Waals surface area (Å²) in [7, 11) is -4.35. The summed E-state index contributed by atoms with van der Waals surface area (Å²) in [5, 5.41) is -0.360. The zero-order valence-electron chi connectivity index (χ0n) is 21.6. The molecule has 0 spiro atoms. The molecule has 0 unspecified atom stereocenters. The van der Waals surface area contributed by atoms with Gasteiger partial charge in [0, 0.05) is 34.6 Å². The highest BCUT2D eigenvalue weighted by Gasteiger charge is 2.46. The topological polar surface area (TPSA) is 75.7 Å². The van der Waals surface area contributed by atoms with Crippen molar-refractivity contribution in [1.82, 2.24) is 4.90 Å². The van der Waals surface area contributed by atoms with Gasteiger partial charge >= 0.3 is 12.4 Å². The third-order valence-corrected chi connectivity index (χ3v) is 9.38. The van der Waals surface area contributed by atoms with Gasteiger partial charge in [0.15, 0.2) is 0 Å². The summed E-state index contributed by atoms with van der Waals surface area (Å²) in [6, 6.07) is 10.8. The molecule has 1 fully saturated rings. The quantitative estimate of drug-likeness (QED) is 0.203. The molecule has 1 aliphatic rings.